The van der Waals surface area contributed by atoms with E-state index in [1.807, 2.05) is 0 Å². The lowest BCUT2D eigenvalue weighted by molar-refractivity contribution is 0.125. The summed E-state index contributed by atoms with van der Waals surface area (Å²) in [5, 5.41) is 3.70. The highest BCUT2D eigenvalue weighted by atomic mass is 15.2. The van der Waals surface area contributed by atoms with Gasteiger partial charge < -0.3 is 5.32 Å². The number of hydrogen-bond donors (Lipinski definition) is 1. The molecule has 1 unspecified atom stereocenters. The van der Waals surface area contributed by atoms with Gasteiger partial charge in [-0.1, -0.05) is 18.6 Å². The molecule has 0 aromatic carbocycles. The van der Waals surface area contributed by atoms with Gasteiger partial charge in [0.05, 0.1) is 0 Å². The third-order valence-electron chi connectivity index (χ3n) is 3.80. The Bertz CT molecular complexity index is 246. The second kappa shape index (κ2) is 6.55. The van der Waals surface area contributed by atoms with E-state index in [-0.39, 0.29) is 5.54 Å². The van der Waals surface area contributed by atoms with Gasteiger partial charge >= 0.3 is 0 Å². The molecule has 0 saturated carbocycles. The average molecular weight is 238 g/mol. The SMILES string of the molecule is CCCNC(C=C(C)C)C(C)(C)N1CCCC1. The first-order valence-electron chi connectivity index (χ1n) is 7.12. The van der Waals surface area contributed by atoms with Crippen molar-refractivity contribution < 1.29 is 0 Å². The fourth-order valence-electron chi connectivity index (χ4n) is 2.64. The Morgan fingerprint density at radius 2 is 1.88 bits per heavy atom. The van der Waals surface area contributed by atoms with Gasteiger partial charge in [-0.3, -0.25) is 4.90 Å². The van der Waals surface area contributed by atoms with Crippen molar-refractivity contribution in [2.45, 2.75) is 65.5 Å². The maximum absolute atomic E-state index is 3.70. The molecule has 1 heterocycles. The monoisotopic (exact) mass is 238 g/mol. The lowest BCUT2D eigenvalue weighted by Gasteiger charge is -2.41. The minimum absolute atomic E-state index is 0.225. The second-order valence-corrected chi connectivity index (χ2v) is 6.02. The van der Waals surface area contributed by atoms with Gasteiger partial charge in [0, 0.05) is 11.6 Å². The van der Waals surface area contributed by atoms with Crippen LogP contribution < -0.4 is 5.32 Å². The predicted octanol–water partition coefficient (Wildman–Crippen LogP) is 3.20. The number of rotatable bonds is 6. The molecular formula is C15H30N2. The number of likely N-dealkylation sites (tertiary alicyclic amines) is 1. The van der Waals surface area contributed by atoms with Crippen LogP contribution in [-0.2, 0) is 0 Å². The molecule has 1 aliphatic heterocycles. The van der Waals surface area contributed by atoms with Crippen LogP contribution in [0.1, 0.15) is 53.9 Å². The quantitative estimate of drug-likeness (QED) is 0.715. The van der Waals surface area contributed by atoms with E-state index in [0.717, 1.165) is 6.54 Å². The molecule has 0 aliphatic carbocycles. The summed E-state index contributed by atoms with van der Waals surface area (Å²) in [6.07, 6.45) is 6.31. The fourth-order valence-corrected chi connectivity index (χ4v) is 2.64. The third kappa shape index (κ3) is 4.11. The number of hydrogen-bond acceptors (Lipinski definition) is 2. The minimum atomic E-state index is 0.225. The Morgan fingerprint density at radius 3 is 2.35 bits per heavy atom. The van der Waals surface area contributed by atoms with Crippen LogP contribution in [0.3, 0.4) is 0 Å². The van der Waals surface area contributed by atoms with E-state index < -0.39 is 0 Å². The molecule has 0 spiro atoms. The van der Waals surface area contributed by atoms with E-state index in [4.69, 9.17) is 0 Å². The maximum atomic E-state index is 3.70. The van der Waals surface area contributed by atoms with Crippen LogP contribution in [0, 0.1) is 0 Å². The maximum Gasteiger partial charge on any atom is 0.0433 e. The van der Waals surface area contributed by atoms with Gasteiger partial charge in [0.25, 0.3) is 0 Å². The molecule has 1 rings (SSSR count). The molecule has 1 N–H and O–H groups in total. The van der Waals surface area contributed by atoms with Crippen LogP contribution in [-0.4, -0.2) is 36.1 Å². The summed E-state index contributed by atoms with van der Waals surface area (Å²) in [6.45, 7) is 15.0. The van der Waals surface area contributed by atoms with Crippen molar-refractivity contribution in [1.82, 2.24) is 10.2 Å². The average Bonchev–Trinajstić information content (AvgIpc) is 2.77. The van der Waals surface area contributed by atoms with Gasteiger partial charge in [0.2, 0.25) is 0 Å². The number of allylic oxidation sites excluding steroid dienone is 1. The molecule has 100 valence electrons. The Hall–Kier alpha value is -0.340. The van der Waals surface area contributed by atoms with E-state index in [1.165, 1.54) is 37.9 Å². The third-order valence-corrected chi connectivity index (χ3v) is 3.80. The Kier molecular flexibility index (Phi) is 5.68. The van der Waals surface area contributed by atoms with E-state index in [0.29, 0.717) is 6.04 Å². The molecule has 1 atom stereocenters. The zero-order chi connectivity index (χ0) is 12.9. The lowest BCUT2D eigenvalue weighted by Crippen LogP contribution is -2.56. The molecule has 1 saturated heterocycles. The van der Waals surface area contributed by atoms with Crippen LogP contribution >= 0.6 is 0 Å². The van der Waals surface area contributed by atoms with E-state index in [2.05, 4.69) is 50.9 Å². The lowest BCUT2D eigenvalue weighted by atomic mass is 9.91. The zero-order valence-corrected chi connectivity index (χ0v) is 12.3. The fraction of sp³-hybridized carbons (Fsp3) is 0.867. The van der Waals surface area contributed by atoms with Crippen LogP contribution in [0.25, 0.3) is 0 Å². The van der Waals surface area contributed by atoms with Crippen molar-refractivity contribution in [3.8, 4) is 0 Å². The van der Waals surface area contributed by atoms with E-state index in [1.54, 1.807) is 0 Å². The summed E-state index contributed by atoms with van der Waals surface area (Å²) in [6, 6.07) is 0.463. The Balaban J connectivity index is 2.74. The normalized spacial score (nSPS) is 19.4. The van der Waals surface area contributed by atoms with Gasteiger partial charge in [-0.25, -0.2) is 0 Å². The van der Waals surface area contributed by atoms with Crippen molar-refractivity contribution in [2.75, 3.05) is 19.6 Å². The summed E-state index contributed by atoms with van der Waals surface area (Å²) >= 11 is 0. The van der Waals surface area contributed by atoms with Gasteiger partial charge in [-0.2, -0.15) is 0 Å². The van der Waals surface area contributed by atoms with Gasteiger partial charge in [0.1, 0.15) is 0 Å². The van der Waals surface area contributed by atoms with Crippen LogP contribution in [0.4, 0.5) is 0 Å². The van der Waals surface area contributed by atoms with Crippen molar-refractivity contribution in [3.63, 3.8) is 0 Å². The molecule has 1 fully saturated rings. The van der Waals surface area contributed by atoms with Crippen molar-refractivity contribution in [1.29, 1.82) is 0 Å². The first-order valence-corrected chi connectivity index (χ1v) is 7.12. The molecular weight excluding hydrogens is 208 g/mol. The predicted molar refractivity (Wildman–Crippen MR) is 76.4 cm³/mol. The zero-order valence-electron chi connectivity index (χ0n) is 12.3. The van der Waals surface area contributed by atoms with Crippen molar-refractivity contribution in [2.24, 2.45) is 0 Å². The first kappa shape index (κ1) is 14.7. The van der Waals surface area contributed by atoms with Crippen LogP contribution in [0.5, 0.6) is 0 Å². The second-order valence-electron chi connectivity index (χ2n) is 6.02. The summed E-state index contributed by atoms with van der Waals surface area (Å²) in [7, 11) is 0. The van der Waals surface area contributed by atoms with Crippen LogP contribution in [0.2, 0.25) is 0 Å². The summed E-state index contributed by atoms with van der Waals surface area (Å²) in [5.41, 5.74) is 1.63. The highest BCUT2D eigenvalue weighted by Gasteiger charge is 2.35. The Labute approximate surface area is 107 Å². The summed E-state index contributed by atoms with van der Waals surface area (Å²) in [5.74, 6) is 0. The Morgan fingerprint density at radius 1 is 1.29 bits per heavy atom. The van der Waals surface area contributed by atoms with E-state index >= 15 is 0 Å². The molecule has 2 heteroatoms. The molecule has 0 aromatic heterocycles. The molecule has 0 radical (unpaired) electrons. The molecule has 0 amide bonds. The minimum Gasteiger partial charge on any atom is -0.309 e. The highest BCUT2D eigenvalue weighted by molar-refractivity contribution is 5.10. The molecule has 0 bridgehead atoms. The first-order chi connectivity index (χ1) is 7.98. The standard InChI is InChI=1S/C15H30N2/c1-6-9-16-14(12-13(2)3)15(4,5)17-10-7-8-11-17/h12,14,16H,6-11H2,1-5H3. The van der Waals surface area contributed by atoms with Gasteiger partial charge in [-0.05, 0) is 66.6 Å². The van der Waals surface area contributed by atoms with Crippen LogP contribution in [0.15, 0.2) is 11.6 Å². The largest absolute Gasteiger partial charge is 0.309 e. The molecule has 0 aromatic rings. The van der Waals surface area contributed by atoms with Gasteiger partial charge in [0.15, 0.2) is 0 Å². The topological polar surface area (TPSA) is 15.3 Å². The number of nitrogens with one attached hydrogen (secondary N) is 1. The molecule has 2 nitrogen and oxygen atoms in total. The highest BCUT2D eigenvalue weighted by Crippen LogP contribution is 2.25. The molecule has 1 aliphatic rings. The molecule has 17 heavy (non-hydrogen) atoms. The van der Waals surface area contributed by atoms with Crippen molar-refractivity contribution >= 4 is 0 Å². The summed E-state index contributed by atoms with van der Waals surface area (Å²) < 4.78 is 0. The summed E-state index contributed by atoms with van der Waals surface area (Å²) in [4.78, 5) is 2.64. The number of nitrogens with zero attached hydrogens (tertiary/aromatic N) is 1. The van der Waals surface area contributed by atoms with Gasteiger partial charge in [-0.15, -0.1) is 0 Å². The smallest absolute Gasteiger partial charge is 0.0433 e. The van der Waals surface area contributed by atoms with Crippen molar-refractivity contribution in [3.05, 3.63) is 11.6 Å². The van der Waals surface area contributed by atoms with E-state index in [9.17, 15) is 0 Å².